The minimum atomic E-state index is 0.207. The van der Waals surface area contributed by atoms with Crippen LogP contribution in [-0.2, 0) is 6.42 Å². The normalized spacial score (nSPS) is 14.6. The van der Waals surface area contributed by atoms with Gasteiger partial charge in [-0.25, -0.2) is 0 Å². The van der Waals surface area contributed by atoms with Crippen LogP contribution in [0.15, 0.2) is 24.3 Å². The van der Waals surface area contributed by atoms with Crippen LogP contribution >= 0.6 is 0 Å². The number of hydrogen-bond donors (Lipinski definition) is 0. The fourth-order valence-electron chi connectivity index (χ4n) is 3.03. The minimum Gasteiger partial charge on any atom is -0.339 e. The third-order valence-corrected chi connectivity index (χ3v) is 4.41. The van der Waals surface area contributed by atoms with Gasteiger partial charge in [-0.05, 0) is 43.4 Å². The molecule has 0 spiro atoms. The van der Waals surface area contributed by atoms with Crippen molar-refractivity contribution in [3.8, 4) is 0 Å². The molecule has 21 heavy (non-hydrogen) atoms. The average molecular weight is 287 g/mol. The second-order valence-corrected chi connectivity index (χ2v) is 6.21. The molecule has 1 aliphatic heterocycles. The molecule has 116 valence electrons. The molecule has 2 nitrogen and oxygen atoms in total. The van der Waals surface area contributed by atoms with Crippen LogP contribution < -0.4 is 0 Å². The number of carbonyl (C=O) groups excluding carboxylic acids is 1. The molecular weight excluding hydrogens is 258 g/mol. The lowest BCUT2D eigenvalue weighted by Gasteiger charge is -2.15. The van der Waals surface area contributed by atoms with Gasteiger partial charge in [-0.15, -0.1) is 0 Å². The van der Waals surface area contributed by atoms with Gasteiger partial charge in [0.05, 0.1) is 0 Å². The quantitative estimate of drug-likeness (QED) is 0.627. The van der Waals surface area contributed by atoms with Crippen molar-refractivity contribution in [3.63, 3.8) is 0 Å². The number of aryl methyl sites for hydroxylation is 1. The molecule has 1 aliphatic rings. The zero-order valence-corrected chi connectivity index (χ0v) is 13.4. The first kappa shape index (κ1) is 16.1. The molecule has 0 N–H and O–H groups in total. The summed E-state index contributed by atoms with van der Waals surface area (Å²) in [6.45, 7) is 4.11. The van der Waals surface area contributed by atoms with Gasteiger partial charge in [-0.1, -0.05) is 51.2 Å². The van der Waals surface area contributed by atoms with Crippen LogP contribution in [0.3, 0.4) is 0 Å². The Hall–Kier alpha value is -1.31. The van der Waals surface area contributed by atoms with E-state index in [0.29, 0.717) is 0 Å². The lowest BCUT2D eigenvalue weighted by atomic mass is 10.0. The van der Waals surface area contributed by atoms with Crippen LogP contribution in [-0.4, -0.2) is 23.9 Å². The molecule has 2 heteroatoms. The molecule has 0 aliphatic carbocycles. The predicted molar refractivity (Wildman–Crippen MR) is 88.7 cm³/mol. The van der Waals surface area contributed by atoms with Crippen molar-refractivity contribution in [1.29, 1.82) is 0 Å². The standard InChI is InChI=1S/C19H29NO/c1-2-3-4-5-6-7-10-17-11-13-18(14-12-17)19(21)20-15-8-9-16-20/h11-14H,2-10,15-16H2,1H3. The predicted octanol–water partition coefficient (Wildman–Crippen LogP) is 4.83. The van der Waals surface area contributed by atoms with E-state index in [-0.39, 0.29) is 5.91 Å². The largest absolute Gasteiger partial charge is 0.339 e. The highest BCUT2D eigenvalue weighted by molar-refractivity contribution is 5.94. The van der Waals surface area contributed by atoms with Crippen molar-refractivity contribution in [2.24, 2.45) is 0 Å². The first-order chi connectivity index (χ1) is 10.3. The Morgan fingerprint density at radius 3 is 2.24 bits per heavy atom. The van der Waals surface area contributed by atoms with Crippen molar-refractivity contribution in [2.75, 3.05) is 13.1 Å². The maximum absolute atomic E-state index is 12.2. The Balaban J connectivity index is 1.72. The number of benzene rings is 1. The van der Waals surface area contributed by atoms with Crippen LogP contribution in [0.25, 0.3) is 0 Å². The molecule has 0 aromatic heterocycles. The van der Waals surface area contributed by atoms with E-state index in [0.717, 1.165) is 37.9 Å². The summed E-state index contributed by atoms with van der Waals surface area (Å²) in [5, 5.41) is 0. The molecule has 0 saturated carbocycles. The molecule has 0 bridgehead atoms. The van der Waals surface area contributed by atoms with Crippen molar-refractivity contribution >= 4 is 5.91 Å². The smallest absolute Gasteiger partial charge is 0.253 e. The van der Waals surface area contributed by atoms with Crippen LogP contribution in [0, 0.1) is 0 Å². The van der Waals surface area contributed by atoms with Crippen LogP contribution in [0.4, 0.5) is 0 Å². The second kappa shape index (κ2) is 8.86. The maximum Gasteiger partial charge on any atom is 0.253 e. The Morgan fingerprint density at radius 1 is 0.952 bits per heavy atom. The van der Waals surface area contributed by atoms with Gasteiger partial charge < -0.3 is 4.90 Å². The van der Waals surface area contributed by atoms with Crippen molar-refractivity contribution in [3.05, 3.63) is 35.4 Å². The molecule has 1 aromatic rings. The van der Waals surface area contributed by atoms with Gasteiger partial charge in [0, 0.05) is 18.7 Å². The van der Waals surface area contributed by atoms with E-state index >= 15 is 0 Å². The fourth-order valence-corrected chi connectivity index (χ4v) is 3.03. The van der Waals surface area contributed by atoms with Gasteiger partial charge in [0.1, 0.15) is 0 Å². The Morgan fingerprint density at radius 2 is 1.57 bits per heavy atom. The van der Waals surface area contributed by atoms with Crippen LogP contribution in [0.2, 0.25) is 0 Å². The van der Waals surface area contributed by atoms with Crippen LogP contribution in [0.5, 0.6) is 0 Å². The highest BCUT2D eigenvalue weighted by Crippen LogP contribution is 2.15. The summed E-state index contributed by atoms with van der Waals surface area (Å²) in [6.07, 6.45) is 11.5. The number of rotatable bonds is 8. The molecule has 0 unspecified atom stereocenters. The number of carbonyl (C=O) groups is 1. The Kier molecular flexibility index (Phi) is 6.78. The number of hydrogen-bond acceptors (Lipinski definition) is 1. The Labute approximate surface area is 129 Å². The van der Waals surface area contributed by atoms with E-state index < -0.39 is 0 Å². The lowest BCUT2D eigenvalue weighted by molar-refractivity contribution is 0.0793. The van der Waals surface area contributed by atoms with E-state index in [2.05, 4.69) is 19.1 Å². The summed E-state index contributed by atoms with van der Waals surface area (Å²) in [6, 6.07) is 8.28. The highest BCUT2D eigenvalue weighted by atomic mass is 16.2. The zero-order valence-electron chi connectivity index (χ0n) is 13.4. The van der Waals surface area contributed by atoms with Gasteiger partial charge in [0.15, 0.2) is 0 Å². The molecule has 0 radical (unpaired) electrons. The van der Waals surface area contributed by atoms with Gasteiger partial charge in [-0.2, -0.15) is 0 Å². The summed E-state index contributed by atoms with van der Waals surface area (Å²) in [5.74, 6) is 0.207. The fraction of sp³-hybridized carbons (Fsp3) is 0.632. The minimum absolute atomic E-state index is 0.207. The average Bonchev–Trinajstić information content (AvgIpc) is 3.05. The number of amides is 1. The molecule has 1 saturated heterocycles. The molecule has 1 heterocycles. The van der Waals surface area contributed by atoms with E-state index in [9.17, 15) is 4.79 Å². The third-order valence-electron chi connectivity index (χ3n) is 4.41. The van der Waals surface area contributed by atoms with E-state index in [1.165, 1.54) is 44.1 Å². The van der Waals surface area contributed by atoms with E-state index in [1.807, 2.05) is 17.0 Å². The molecule has 2 rings (SSSR count). The second-order valence-electron chi connectivity index (χ2n) is 6.21. The van der Waals surface area contributed by atoms with Gasteiger partial charge in [0.25, 0.3) is 5.91 Å². The SMILES string of the molecule is CCCCCCCCc1ccc(C(=O)N2CCCC2)cc1. The number of unbranched alkanes of at least 4 members (excludes halogenated alkanes) is 5. The molecule has 1 aromatic carbocycles. The van der Waals surface area contributed by atoms with Gasteiger partial charge in [0.2, 0.25) is 0 Å². The molecule has 1 fully saturated rings. The van der Waals surface area contributed by atoms with Gasteiger partial charge in [-0.3, -0.25) is 4.79 Å². The summed E-state index contributed by atoms with van der Waals surface area (Å²) in [7, 11) is 0. The van der Waals surface area contributed by atoms with E-state index in [1.54, 1.807) is 0 Å². The third kappa shape index (κ3) is 5.18. The first-order valence-corrected chi connectivity index (χ1v) is 8.69. The van der Waals surface area contributed by atoms with Crippen molar-refractivity contribution < 1.29 is 4.79 Å². The molecule has 1 amide bonds. The monoisotopic (exact) mass is 287 g/mol. The van der Waals surface area contributed by atoms with Crippen LogP contribution in [0.1, 0.15) is 74.2 Å². The summed E-state index contributed by atoms with van der Waals surface area (Å²) >= 11 is 0. The lowest BCUT2D eigenvalue weighted by Crippen LogP contribution is -2.27. The zero-order chi connectivity index (χ0) is 14.9. The molecule has 0 atom stereocenters. The Bertz CT molecular complexity index is 418. The maximum atomic E-state index is 12.2. The first-order valence-electron chi connectivity index (χ1n) is 8.69. The highest BCUT2D eigenvalue weighted by Gasteiger charge is 2.18. The number of nitrogens with zero attached hydrogens (tertiary/aromatic N) is 1. The summed E-state index contributed by atoms with van der Waals surface area (Å²) in [4.78, 5) is 14.2. The summed E-state index contributed by atoms with van der Waals surface area (Å²) < 4.78 is 0. The van der Waals surface area contributed by atoms with Gasteiger partial charge >= 0.3 is 0 Å². The van der Waals surface area contributed by atoms with Crippen molar-refractivity contribution in [2.45, 2.75) is 64.7 Å². The molecular formula is C19H29NO. The summed E-state index contributed by atoms with van der Waals surface area (Å²) in [5.41, 5.74) is 2.21. The van der Waals surface area contributed by atoms with E-state index in [4.69, 9.17) is 0 Å². The van der Waals surface area contributed by atoms with Crippen molar-refractivity contribution in [1.82, 2.24) is 4.90 Å². The number of likely N-dealkylation sites (tertiary alicyclic amines) is 1. The topological polar surface area (TPSA) is 20.3 Å².